The van der Waals surface area contributed by atoms with Crippen molar-refractivity contribution in [2.24, 2.45) is 7.05 Å². The van der Waals surface area contributed by atoms with Gasteiger partial charge in [0.15, 0.2) is 11.0 Å². The second-order valence-electron chi connectivity index (χ2n) is 7.26. The largest absolute Gasteiger partial charge is 0.342 e. The second-order valence-corrected chi connectivity index (χ2v) is 9.46. The number of benzene rings is 2. The van der Waals surface area contributed by atoms with Crippen molar-refractivity contribution >= 4 is 56.8 Å². The lowest BCUT2D eigenvalue weighted by Crippen LogP contribution is -2.28. The van der Waals surface area contributed by atoms with Gasteiger partial charge < -0.3 is 15.2 Å². The van der Waals surface area contributed by atoms with Gasteiger partial charge in [0.25, 0.3) is 5.91 Å². The van der Waals surface area contributed by atoms with Crippen molar-refractivity contribution in [3.63, 3.8) is 0 Å². The molecule has 1 aromatic heterocycles. The molecule has 0 saturated heterocycles. The minimum Gasteiger partial charge on any atom is -0.342 e. The maximum Gasteiger partial charge on any atom is 0.253 e. The summed E-state index contributed by atoms with van der Waals surface area (Å²) in [6, 6.07) is 10.2. The third-order valence-electron chi connectivity index (χ3n) is 5.05. The molecule has 0 fully saturated rings. The van der Waals surface area contributed by atoms with E-state index in [0.717, 1.165) is 21.3 Å². The van der Waals surface area contributed by atoms with Gasteiger partial charge in [-0.1, -0.05) is 51.4 Å². The number of hydrogen-bond donors (Lipinski definition) is 2. The van der Waals surface area contributed by atoms with E-state index in [4.69, 9.17) is 11.6 Å². The molecule has 168 valence electrons. The van der Waals surface area contributed by atoms with Gasteiger partial charge in [0.1, 0.15) is 0 Å². The van der Waals surface area contributed by atoms with Gasteiger partial charge in [0.05, 0.1) is 22.4 Å². The van der Waals surface area contributed by atoms with Gasteiger partial charge in [-0.3, -0.25) is 9.59 Å². The van der Waals surface area contributed by atoms with Crippen molar-refractivity contribution in [3.8, 4) is 0 Å². The summed E-state index contributed by atoms with van der Waals surface area (Å²) < 4.78 is 2.77. The van der Waals surface area contributed by atoms with Crippen LogP contribution in [0.15, 0.2) is 46.0 Å². The minimum absolute atomic E-state index is 0.135. The molecule has 0 bridgehead atoms. The van der Waals surface area contributed by atoms with Crippen LogP contribution in [-0.4, -0.2) is 32.3 Å². The van der Waals surface area contributed by atoms with Crippen LogP contribution < -0.4 is 10.6 Å². The van der Waals surface area contributed by atoms with Gasteiger partial charge in [0.2, 0.25) is 5.91 Å². The number of nitrogens with zero attached hydrogens (tertiary/aromatic N) is 3. The summed E-state index contributed by atoms with van der Waals surface area (Å²) in [5, 5.41) is 15.1. The van der Waals surface area contributed by atoms with Gasteiger partial charge in [0, 0.05) is 17.2 Å². The molecule has 0 aliphatic rings. The first-order chi connectivity index (χ1) is 15.2. The number of thioether (sulfide) groups is 1. The molecule has 32 heavy (non-hydrogen) atoms. The van der Waals surface area contributed by atoms with E-state index in [0.29, 0.717) is 21.6 Å². The summed E-state index contributed by atoms with van der Waals surface area (Å²) >= 11 is 10.9. The molecule has 0 unspecified atom stereocenters. The smallest absolute Gasteiger partial charge is 0.253 e. The summed E-state index contributed by atoms with van der Waals surface area (Å²) in [5.74, 6) is 0.331. The molecule has 7 nitrogen and oxygen atoms in total. The van der Waals surface area contributed by atoms with E-state index < -0.39 is 6.04 Å². The van der Waals surface area contributed by atoms with Crippen LogP contribution in [0.25, 0.3) is 0 Å². The first kappa shape index (κ1) is 24.3. The normalized spacial score (nSPS) is 11.8. The van der Waals surface area contributed by atoms with Crippen LogP contribution >= 0.6 is 39.3 Å². The number of carbonyl (C=O) groups excluding carboxylic acids is 2. The summed E-state index contributed by atoms with van der Waals surface area (Å²) in [6.07, 6.45) is 0. The molecular weight excluding hydrogens is 514 g/mol. The highest BCUT2D eigenvalue weighted by Crippen LogP contribution is 2.26. The van der Waals surface area contributed by atoms with Crippen LogP contribution in [0.2, 0.25) is 5.02 Å². The fraction of sp³-hybridized carbons (Fsp3) is 0.273. The Morgan fingerprint density at radius 2 is 1.88 bits per heavy atom. The molecule has 0 spiro atoms. The van der Waals surface area contributed by atoms with Crippen molar-refractivity contribution in [2.75, 3.05) is 11.1 Å². The average Bonchev–Trinajstić information content (AvgIpc) is 3.13. The molecule has 10 heteroatoms. The quantitative estimate of drug-likeness (QED) is 0.412. The van der Waals surface area contributed by atoms with E-state index in [1.807, 2.05) is 32.9 Å². The van der Waals surface area contributed by atoms with Crippen LogP contribution in [-0.2, 0) is 11.8 Å². The maximum absolute atomic E-state index is 12.5. The number of anilines is 1. The number of aromatic nitrogens is 3. The lowest BCUT2D eigenvalue weighted by molar-refractivity contribution is -0.113. The molecule has 0 aliphatic heterocycles. The number of amides is 2. The molecule has 2 N–H and O–H groups in total. The zero-order chi connectivity index (χ0) is 23.4. The first-order valence-corrected chi connectivity index (χ1v) is 12.0. The predicted octanol–water partition coefficient (Wildman–Crippen LogP) is 5.07. The lowest BCUT2D eigenvalue weighted by atomic mass is 10.1. The zero-order valence-electron chi connectivity index (χ0n) is 18.1. The summed E-state index contributed by atoms with van der Waals surface area (Å²) in [5.41, 5.74) is 3.28. The third kappa shape index (κ3) is 5.51. The molecule has 2 aromatic carbocycles. The Bertz CT molecular complexity index is 1170. The maximum atomic E-state index is 12.5. The van der Waals surface area contributed by atoms with Crippen LogP contribution in [0, 0.1) is 13.8 Å². The molecule has 0 saturated carbocycles. The van der Waals surface area contributed by atoms with E-state index in [1.165, 1.54) is 11.8 Å². The molecule has 0 radical (unpaired) electrons. The fourth-order valence-electron chi connectivity index (χ4n) is 3.05. The van der Waals surface area contributed by atoms with Crippen molar-refractivity contribution in [1.82, 2.24) is 20.1 Å². The monoisotopic (exact) mass is 535 g/mol. The van der Waals surface area contributed by atoms with E-state index >= 15 is 0 Å². The second kappa shape index (κ2) is 10.5. The number of carbonyl (C=O) groups is 2. The first-order valence-electron chi connectivity index (χ1n) is 9.82. The summed E-state index contributed by atoms with van der Waals surface area (Å²) in [4.78, 5) is 25.0. The lowest BCUT2D eigenvalue weighted by Gasteiger charge is -2.14. The van der Waals surface area contributed by atoms with Gasteiger partial charge in [-0.25, -0.2) is 0 Å². The third-order valence-corrected chi connectivity index (χ3v) is 7.26. The Hall–Kier alpha value is -2.36. The predicted molar refractivity (Wildman–Crippen MR) is 131 cm³/mol. The Morgan fingerprint density at radius 1 is 1.16 bits per heavy atom. The zero-order valence-corrected chi connectivity index (χ0v) is 21.2. The molecule has 1 atom stereocenters. The molecule has 3 aromatic rings. The van der Waals surface area contributed by atoms with E-state index in [9.17, 15) is 9.59 Å². The minimum atomic E-state index is -0.396. The summed E-state index contributed by atoms with van der Waals surface area (Å²) in [7, 11) is 1.80. The van der Waals surface area contributed by atoms with Crippen LogP contribution in [0.3, 0.4) is 0 Å². The highest BCUT2D eigenvalue weighted by molar-refractivity contribution is 9.10. The van der Waals surface area contributed by atoms with Crippen LogP contribution in [0.4, 0.5) is 5.69 Å². The van der Waals surface area contributed by atoms with Gasteiger partial charge in [-0.2, -0.15) is 0 Å². The van der Waals surface area contributed by atoms with E-state index in [-0.39, 0.29) is 17.6 Å². The van der Waals surface area contributed by atoms with Crippen molar-refractivity contribution in [3.05, 3.63) is 68.4 Å². The molecule has 1 heterocycles. The number of hydrogen-bond acceptors (Lipinski definition) is 5. The Balaban J connectivity index is 1.61. The van der Waals surface area contributed by atoms with Gasteiger partial charge >= 0.3 is 0 Å². The standard InChI is InChI=1S/C22H23BrClN5O2S/c1-12-13(2)18(10-9-16(12)23)26-19(30)11-32-22-28-27-20(29(22)4)14(3)25-21(31)15-7-5-6-8-17(15)24/h5-10,14H,11H2,1-4H3,(H,25,31)(H,26,30)/t14-/m1/s1. The highest BCUT2D eigenvalue weighted by atomic mass is 79.9. The molecular formula is C22H23BrClN5O2S. The number of rotatable bonds is 7. The Kier molecular flexibility index (Phi) is 7.97. The van der Waals surface area contributed by atoms with Crippen molar-refractivity contribution in [1.29, 1.82) is 0 Å². The van der Waals surface area contributed by atoms with E-state index in [1.54, 1.807) is 35.9 Å². The SMILES string of the molecule is Cc1c(Br)ccc(NC(=O)CSc2nnc([C@@H](C)NC(=O)c3ccccc3Cl)n2C)c1C. The van der Waals surface area contributed by atoms with Gasteiger partial charge in [-0.05, 0) is 56.2 Å². The number of nitrogens with one attached hydrogen (secondary N) is 2. The molecule has 3 rings (SSSR count). The molecule has 0 aliphatic carbocycles. The Labute approximate surface area is 204 Å². The number of halogens is 2. The van der Waals surface area contributed by atoms with E-state index in [2.05, 4.69) is 36.8 Å². The average molecular weight is 537 g/mol. The van der Waals surface area contributed by atoms with Crippen LogP contribution in [0.5, 0.6) is 0 Å². The topological polar surface area (TPSA) is 88.9 Å². The van der Waals surface area contributed by atoms with Crippen molar-refractivity contribution in [2.45, 2.75) is 32.0 Å². The highest BCUT2D eigenvalue weighted by Gasteiger charge is 2.20. The van der Waals surface area contributed by atoms with Crippen molar-refractivity contribution < 1.29 is 9.59 Å². The van der Waals surface area contributed by atoms with Crippen LogP contribution in [0.1, 0.15) is 40.3 Å². The van der Waals surface area contributed by atoms with Gasteiger partial charge in [-0.15, -0.1) is 10.2 Å². The Morgan fingerprint density at radius 3 is 2.59 bits per heavy atom. The summed E-state index contributed by atoms with van der Waals surface area (Å²) in [6.45, 7) is 5.78. The fourth-order valence-corrected chi connectivity index (χ4v) is 4.42. The molecule has 2 amide bonds.